The van der Waals surface area contributed by atoms with Crippen LogP contribution in [0.5, 0.6) is 0 Å². The molecular formula is C17H17BrN2O3S. The van der Waals surface area contributed by atoms with Gasteiger partial charge in [-0.2, -0.15) is 0 Å². The van der Waals surface area contributed by atoms with Crippen molar-refractivity contribution in [2.45, 2.75) is 13.3 Å². The minimum atomic E-state index is -3.20. The molecule has 1 aliphatic rings. The number of rotatable bonds is 3. The number of sulfonamides is 1. The van der Waals surface area contributed by atoms with Crippen LogP contribution in [0.4, 0.5) is 11.4 Å². The number of hydrogen-bond acceptors (Lipinski definition) is 3. The molecule has 3 rings (SSSR count). The molecule has 2 aromatic carbocycles. The number of nitrogens with zero attached hydrogens (tertiary/aromatic N) is 1. The Morgan fingerprint density at radius 1 is 1.17 bits per heavy atom. The lowest BCUT2D eigenvalue weighted by Crippen LogP contribution is -2.25. The normalized spacial score (nSPS) is 16.2. The molecule has 2 aromatic rings. The van der Waals surface area contributed by atoms with Crippen molar-refractivity contribution in [3.8, 4) is 0 Å². The second-order valence-corrected chi connectivity index (χ2v) is 8.57. The molecule has 0 atom stereocenters. The van der Waals surface area contributed by atoms with Crippen LogP contribution in [0.1, 0.15) is 22.3 Å². The Hall–Kier alpha value is -1.86. The van der Waals surface area contributed by atoms with Gasteiger partial charge in [-0.1, -0.05) is 22.0 Å². The third-order valence-corrected chi connectivity index (χ3v) is 6.67. The van der Waals surface area contributed by atoms with E-state index in [9.17, 15) is 13.2 Å². The molecule has 0 unspecified atom stereocenters. The Balaban J connectivity index is 1.75. The Kier molecular flexibility index (Phi) is 4.64. The molecule has 1 saturated heterocycles. The molecule has 0 radical (unpaired) electrons. The highest BCUT2D eigenvalue weighted by Gasteiger charge is 2.28. The van der Waals surface area contributed by atoms with E-state index < -0.39 is 10.0 Å². The molecule has 1 N–H and O–H groups in total. The minimum absolute atomic E-state index is 0.178. The molecule has 1 heterocycles. The Morgan fingerprint density at radius 3 is 2.46 bits per heavy atom. The van der Waals surface area contributed by atoms with Gasteiger partial charge in [-0.15, -0.1) is 0 Å². The zero-order chi connectivity index (χ0) is 17.3. The van der Waals surface area contributed by atoms with Gasteiger partial charge in [-0.25, -0.2) is 8.42 Å². The van der Waals surface area contributed by atoms with Gasteiger partial charge in [0.05, 0.1) is 11.4 Å². The average Bonchev–Trinajstić information content (AvgIpc) is 2.90. The monoisotopic (exact) mass is 408 g/mol. The zero-order valence-electron chi connectivity index (χ0n) is 13.1. The number of anilines is 2. The lowest BCUT2D eigenvalue weighted by atomic mass is 10.1. The lowest BCUT2D eigenvalue weighted by Gasteiger charge is -2.17. The molecule has 0 saturated carbocycles. The molecule has 126 valence electrons. The maximum absolute atomic E-state index is 12.3. The van der Waals surface area contributed by atoms with Crippen molar-refractivity contribution in [1.29, 1.82) is 0 Å². The van der Waals surface area contributed by atoms with Gasteiger partial charge in [-0.3, -0.25) is 9.10 Å². The molecule has 0 spiro atoms. The van der Waals surface area contributed by atoms with Crippen LogP contribution >= 0.6 is 15.9 Å². The Bertz CT molecular complexity index is 879. The van der Waals surface area contributed by atoms with Crippen LogP contribution in [0.3, 0.4) is 0 Å². The summed E-state index contributed by atoms with van der Waals surface area (Å²) in [5.41, 5.74) is 2.86. The number of hydrogen-bond donors (Lipinski definition) is 1. The summed E-state index contributed by atoms with van der Waals surface area (Å²) in [7, 11) is -3.20. The molecule has 7 heteroatoms. The maximum atomic E-state index is 12.3. The number of amides is 1. The van der Waals surface area contributed by atoms with Crippen molar-refractivity contribution in [3.63, 3.8) is 0 Å². The summed E-state index contributed by atoms with van der Waals surface area (Å²) in [6.45, 7) is 2.46. The third-order valence-electron chi connectivity index (χ3n) is 3.95. The summed E-state index contributed by atoms with van der Waals surface area (Å²) < 4.78 is 26.2. The molecule has 5 nitrogen and oxygen atoms in total. The lowest BCUT2D eigenvalue weighted by molar-refractivity contribution is 0.102. The van der Waals surface area contributed by atoms with Gasteiger partial charge in [0.25, 0.3) is 5.91 Å². The van der Waals surface area contributed by atoms with Crippen LogP contribution in [-0.4, -0.2) is 26.6 Å². The van der Waals surface area contributed by atoms with E-state index in [4.69, 9.17) is 0 Å². The second kappa shape index (κ2) is 6.57. The number of carbonyl (C=O) groups excluding carboxylic acids is 1. The Labute approximate surface area is 149 Å². The van der Waals surface area contributed by atoms with E-state index >= 15 is 0 Å². The van der Waals surface area contributed by atoms with Crippen LogP contribution < -0.4 is 9.62 Å². The Morgan fingerprint density at radius 2 is 1.88 bits per heavy atom. The molecule has 1 aliphatic heterocycles. The van der Waals surface area contributed by atoms with E-state index in [1.54, 1.807) is 24.3 Å². The number of benzene rings is 2. The van der Waals surface area contributed by atoms with Gasteiger partial charge in [0.1, 0.15) is 0 Å². The first kappa shape index (κ1) is 17.0. The predicted octanol–water partition coefficient (Wildman–Crippen LogP) is 3.55. The third kappa shape index (κ3) is 3.47. The molecule has 1 fully saturated rings. The van der Waals surface area contributed by atoms with Gasteiger partial charge < -0.3 is 5.32 Å². The van der Waals surface area contributed by atoms with Crippen molar-refractivity contribution in [3.05, 3.63) is 58.1 Å². The molecule has 24 heavy (non-hydrogen) atoms. The predicted molar refractivity (Wildman–Crippen MR) is 99.0 cm³/mol. The maximum Gasteiger partial charge on any atom is 0.255 e. The standard InChI is InChI=1S/C17H17BrN2O3S/c1-12-3-6-14(11-16(12)18)19-17(21)13-4-7-15(8-5-13)20-9-2-10-24(20,22)23/h3-8,11H,2,9-10H2,1H3,(H,19,21). The topological polar surface area (TPSA) is 66.5 Å². The van der Waals surface area contributed by atoms with E-state index in [1.165, 1.54) is 4.31 Å². The highest BCUT2D eigenvalue weighted by Crippen LogP contribution is 2.25. The molecule has 0 aromatic heterocycles. The molecule has 0 aliphatic carbocycles. The van der Waals surface area contributed by atoms with E-state index in [0.29, 0.717) is 29.9 Å². The SMILES string of the molecule is Cc1ccc(NC(=O)c2ccc(N3CCCS3(=O)=O)cc2)cc1Br. The van der Waals surface area contributed by atoms with Crippen LogP contribution in [0.15, 0.2) is 46.9 Å². The first-order valence-electron chi connectivity index (χ1n) is 7.55. The van der Waals surface area contributed by atoms with E-state index in [2.05, 4.69) is 21.2 Å². The smallest absolute Gasteiger partial charge is 0.255 e. The summed E-state index contributed by atoms with van der Waals surface area (Å²) in [6.07, 6.45) is 0.632. The second-order valence-electron chi connectivity index (χ2n) is 5.71. The summed E-state index contributed by atoms with van der Waals surface area (Å²) in [4.78, 5) is 12.3. The molecule has 1 amide bonds. The molecular weight excluding hydrogens is 392 g/mol. The van der Waals surface area contributed by atoms with Crippen molar-refractivity contribution in [1.82, 2.24) is 0 Å². The number of aryl methyl sites for hydroxylation is 1. The first-order chi connectivity index (χ1) is 11.4. The highest BCUT2D eigenvalue weighted by molar-refractivity contribution is 9.10. The number of halogens is 1. The van der Waals surface area contributed by atoms with Crippen LogP contribution in [0.25, 0.3) is 0 Å². The van der Waals surface area contributed by atoms with Gasteiger partial charge in [0.15, 0.2) is 0 Å². The number of carbonyl (C=O) groups is 1. The van der Waals surface area contributed by atoms with Gasteiger partial charge in [-0.05, 0) is 55.3 Å². The number of nitrogens with one attached hydrogen (secondary N) is 1. The van der Waals surface area contributed by atoms with Crippen LogP contribution in [0.2, 0.25) is 0 Å². The minimum Gasteiger partial charge on any atom is -0.322 e. The quantitative estimate of drug-likeness (QED) is 0.843. The van der Waals surface area contributed by atoms with Crippen molar-refractivity contribution >= 4 is 43.2 Å². The summed E-state index contributed by atoms with van der Waals surface area (Å²) in [5, 5.41) is 2.83. The van der Waals surface area contributed by atoms with Crippen LogP contribution in [-0.2, 0) is 10.0 Å². The summed E-state index contributed by atoms with van der Waals surface area (Å²) in [5.74, 6) is -0.0565. The van der Waals surface area contributed by atoms with Gasteiger partial charge in [0.2, 0.25) is 10.0 Å². The first-order valence-corrected chi connectivity index (χ1v) is 9.95. The average molecular weight is 409 g/mol. The largest absolute Gasteiger partial charge is 0.322 e. The fourth-order valence-corrected chi connectivity index (χ4v) is 4.53. The summed E-state index contributed by atoms with van der Waals surface area (Å²) in [6, 6.07) is 12.2. The summed E-state index contributed by atoms with van der Waals surface area (Å²) >= 11 is 3.44. The van der Waals surface area contributed by atoms with E-state index in [-0.39, 0.29) is 11.7 Å². The van der Waals surface area contributed by atoms with Crippen molar-refractivity contribution in [2.24, 2.45) is 0 Å². The zero-order valence-corrected chi connectivity index (χ0v) is 15.5. The highest BCUT2D eigenvalue weighted by atomic mass is 79.9. The van der Waals surface area contributed by atoms with Gasteiger partial charge in [0, 0.05) is 22.3 Å². The fraction of sp³-hybridized carbons (Fsp3) is 0.235. The van der Waals surface area contributed by atoms with E-state index in [0.717, 1.165) is 10.0 Å². The van der Waals surface area contributed by atoms with E-state index in [1.807, 2.05) is 25.1 Å². The van der Waals surface area contributed by atoms with Crippen LogP contribution in [0, 0.1) is 6.92 Å². The fourth-order valence-electron chi connectivity index (χ4n) is 2.58. The van der Waals surface area contributed by atoms with Gasteiger partial charge >= 0.3 is 0 Å². The van der Waals surface area contributed by atoms with Crippen molar-refractivity contribution < 1.29 is 13.2 Å². The van der Waals surface area contributed by atoms with Crippen molar-refractivity contribution in [2.75, 3.05) is 21.9 Å². The molecule has 0 bridgehead atoms.